The number of carbonyl (C=O) groups excluding carboxylic acids is 2. The minimum absolute atomic E-state index is 0.0665. The molecule has 1 aliphatic rings. The summed E-state index contributed by atoms with van der Waals surface area (Å²) in [5.41, 5.74) is 1.44. The third-order valence-electron chi connectivity index (χ3n) is 4.80. The van der Waals surface area contributed by atoms with E-state index in [0.29, 0.717) is 10.6 Å². The van der Waals surface area contributed by atoms with E-state index in [2.05, 4.69) is 20.0 Å². The smallest absolute Gasteiger partial charge is 0.263 e. The number of hydrogen-bond donors (Lipinski definition) is 2. The van der Waals surface area contributed by atoms with Crippen LogP contribution in [0.25, 0.3) is 11.4 Å². The number of carbonyl (C=O) groups is 2. The summed E-state index contributed by atoms with van der Waals surface area (Å²) in [7, 11) is 0. The van der Waals surface area contributed by atoms with E-state index in [1.165, 1.54) is 6.08 Å². The monoisotopic (exact) mass is 410 g/mol. The van der Waals surface area contributed by atoms with Crippen LogP contribution in [0.2, 0.25) is 0 Å². The Labute approximate surface area is 175 Å². The Hall–Kier alpha value is -2.80. The summed E-state index contributed by atoms with van der Waals surface area (Å²) in [4.78, 5) is 29.7. The third-order valence-corrected chi connectivity index (χ3v) is 5.59. The molecule has 152 valence electrons. The fourth-order valence-corrected chi connectivity index (χ4v) is 3.97. The first-order chi connectivity index (χ1) is 14.2. The highest BCUT2D eigenvalue weighted by atomic mass is 32.1. The van der Waals surface area contributed by atoms with Crippen molar-refractivity contribution in [1.82, 2.24) is 20.0 Å². The second-order valence-electron chi connectivity index (χ2n) is 6.97. The molecule has 0 radical (unpaired) electrons. The van der Waals surface area contributed by atoms with Crippen LogP contribution >= 0.6 is 11.5 Å². The van der Waals surface area contributed by atoms with Gasteiger partial charge in [-0.15, -0.1) is 0 Å². The minimum Gasteiger partial charge on any atom is -0.348 e. The molecule has 2 heterocycles. The predicted octanol–water partition coefficient (Wildman–Crippen LogP) is 3.88. The second-order valence-corrected chi connectivity index (χ2v) is 7.77. The lowest BCUT2D eigenvalue weighted by Crippen LogP contribution is -2.52. The maximum absolute atomic E-state index is 12.7. The molecule has 2 aromatic rings. The van der Waals surface area contributed by atoms with Crippen molar-refractivity contribution in [1.29, 1.82) is 0 Å². The van der Waals surface area contributed by atoms with Gasteiger partial charge in [-0.1, -0.05) is 44.1 Å². The van der Waals surface area contributed by atoms with Crippen LogP contribution < -0.4 is 10.6 Å². The average Bonchev–Trinajstić information content (AvgIpc) is 3.24. The molecule has 2 amide bonds. The number of hydrogen-bond acceptors (Lipinski definition) is 5. The van der Waals surface area contributed by atoms with Crippen molar-refractivity contribution >= 4 is 23.3 Å². The molecule has 1 fully saturated rings. The highest BCUT2D eigenvalue weighted by Crippen LogP contribution is 2.22. The topological polar surface area (TPSA) is 84.0 Å². The van der Waals surface area contributed by atoms with Gasteiger partial charge in [0.1, 0.15) is 10.6 Å². The van der Waals surface area contributed by atoms with E-state index < -0.39 is 0 Å². The van der Waals surface area contributed by atoms with Gasteiger partial charge in [-0.2, -0.15) is 4.37 Å². The van der Waals surface area contributed by atoms with Crippen LogP contribution in [0.3, 0.4) is 0 Å². The Balaban J connectivity index is 1.60. The van der Waals surface area contributed by atoms with Gasteiger partial charge >= 0.3 is 0 Å². The lowest BCUT2D eigenvalue weighted by Gasteiger charge is -2.32. The number of nitrogens with one attached hydrogen (secondary N) is 2. The van der Waals surface area contributed by atoms with Crippen LogP contribution in [0, 0.1) is 0 Å². The first-order valence-corrected chi connectivity index (χ1v) is 10.8. The minimum atomic E-state index is -0.155. The largest absolute Gasteiger partial charge is 0.348 e. The zero-order valence-corrected chi connectivity index (χ0v) is 17.3. The standard InChI is InChI=1S/C22H26N4O2S/c1-2-3-4-5-13-21(27)24-17-11-6-7-12-18(17)25-22(28)20-15-19(26-29-20)16-10-8-9-14-23-16/h3-5,8-10,13-15,17-18H,2,6-7,11-12H2,1H3,(H,24,27)(H,25,28)/b4-3+,13-5+/t17-,18-/m0/s1. The quantitative estimate of drug-likeness (QED) is 0.536. The molecular formula is C22H26N4O2S. The Morgan fingerprint density at radius 2 is 1.93 bits per heavy atom. The number of rotatable bonds is 7. The van der Waals surface area contributed by atoms with Crippen LogP contribution in [0.1, 0.15) is 48.7 Å². The van der Waals surface area contributed by atoms with Gasteiger partial charge in [0.15, 0.2) is 0 Å². The van der Waals surface area contributed by atoms with Gasteiger partial charge in [0.2, 0.25) is 5.91 Å². The Morgan fingerprint density at radius 1 is 1.14 bits per heavy atom. The fourth-order valence-electron chi connectivity index (χ4n) is 3.32. The average molecular weight is 411 g/mol. The lowest BCUT2D eigenvalue weighted by molar-refractivity contribution is -0.117. The SMILES string of the molecule is CC/C=C/C=C/C(=O)N[C@H]1CCCC[C@@H]1NC(=O)c1cc(-c2ccccn2)ns1. The molecule has 0 saturated heterocycles. The van der Waals surface area contributed by atoms with Crippen LogP contribution in [-0.2, 0) is 4.79 Å². The summed E-state index contributed by atoms with van der Waals surface area (Å²) < 4.78 is 4.35. The van der Waals surface area contributed by atoms with Gasteiger partial charge in [0, 0.05) is 24.4 Å². The Kier molecular flexibility index (Phi) is 7.69. The maximum Gasteiger partial charge on any atom is 0.263 e. The Bertz CT molecular complexity index is 876. The predicted molar refractivity (Wildman–Crippen MR) is 116 cm³/mol. The van der Waals surface area contributed by atoms with Crippen molar-refractivity contribution in [3.8, 4) is 11.4 Å². The summed E-state index contributed by atoms with van der Waals surface area (Å²) in [6, 6.07) is 7.22. The van der Waals surface area contributed by atoms with Gasteiger partial charge in [-0.3, -0.25) is 14.6 Å². The normalized spacial score (nSPS) is 19.5. The van der Waals surface area contributed by atoms with Crippen LogP contribution in [-0.4, -0.2) is 33.3 Å². The zero-order chi connectivity index (χ0) is 20.5. The summed E-state index contributed by atoms with van der Waals surface area (Å²) >= 11 is 1.16. The van der Waals surface area contributed by atoms with Crippen molar-refractivity contribution in [2.24, 2.45) is 0 Å². The molecule has 0 aliphatic heterocycles. The van der Waals surface area contributed by atoms with E-state index in [9.17, 15) is 9.59 Å². The second kappa shape index (κ2) is 10.7. The molecule has 0 aromatic carbocycles. The molecular weight excluding hydrogens is 384 g/mol. The molecule has 0 spiro atoms. The molecule has 7 heteroatoms. The van der Waals surface area contributed by atoms with Crippen LogP contribution in [0.5, 0.6) is 0 Å². The number of allylic oxidation sites excluding steroid dienone is 3. The Morgan fingerprint density at radius 3 is 2.66 bits per heavy atom. The van der Waals surface area contributed by atoms with Crippen molar-refractivity contribution in [2.75, 3.05) is 0 Å². The molecule has 0 bridgehead atoms. The van der Waals surface area contributed by atoms with Crippen molar-refractivity contribution < 1.29 is 9.59 Å². The van der Waals surface area contributed by atoms with E-state index in [-0.39, 0.29) is 23.9 Å². The van der Waals surface area contributed by atoms with Crippen molar-refractivity contribution in [3.63, 3.8) is 0 Å². The zero-order valence-electron chi connectivity index (χ0n) is 16.5. The molecule has 1 saturated carbocycles. The highest BCUT2D eigenvalue weighted by molar-refractivity contribution is 7.08. The van der Waals surface area contributed by atoms with Gasteiger partial charge in [0.25, 0.3) is 5.91 Å². The summed E-state index contributed by atoms with van der Waals surface area (Å²) in [5.74, 6) is -0.288. The van der Waals surface area contributed by atoms with Crippen molar-refractivity contribution in [3.05, 3.63) is 59.6 Å². The highest BCUT2D eigenvalue weighted by Gasteiger charge is 2.28. The lowest BCUT2D eigenvalue weighted by atomic mass is 9.90. The van der Waals surface area contributed by atoms with Gasteiger partial charge in [0.05, 0.1) is 5.69 Å². The van der Waals surface area contributed by atoms with E-state index >= 15 is 0 Å². The first kappa shape index (κ1) is 20.9. The van der Waals surface area contributed by atoms with Crippen LogP contribution in [0.15, 0.2) is 54.8 Å². The number of aromatic nitrogens is 2. The number of nitrogens with zero attached hydrogens (tertiary/aromatic N) is 2. The maximum atomic E-state index is 12.7. The molecule has 0 unspecified atom stereocenters. The summed E-state index contributed by atoms with van der Waals surface area (Å²) in [5, 5.41) is 6.13. The van der Waals surface area contributed by atoms with Gasteiger partial charge in [-0.05, 0) is 49.0 Å². The first-order valence-electron chi connectivity index (χ1n) is 10.00. The molecule has 1 aliphatic carbocycles. The molecule has 2 aromatic heterocycles. The van der Waals surface area contributed by atoms with Crippen molar-refractivity contribution in [2.45, 2.75) is 51.1 Å². The molecule has 3 rings (SSSR count). The van der Waals surface area contributed by atoms with E-state index in [1.807, 2.05) is 37.3 Å². The molecule has 2 N–H and O–H groups in total. The number of pyridine rings is 1. The van der Waals surface area contributed by atoms with E-state index in [1.54, 1.807) is 18.3 Å². The molecule has 6 nitrogen and oxygen atoms in total. The van der Waals surface area contributed by atoms with E-state index in [4.69, 9.17) is 0 Å². The molecule has 2 atom stereocenters. The third kappa shape index (κ3) is 6.09. The fraction of sp³-hybridized carbons (Fsp3) is 0.364. The van der Waals surface area contributed by atoms with Crippen LogP contribution in [0.4, 0.5) is 0 Å². The summed E-state index contributed by atoms with van der Waals surface area (Å²) in [6.07, 6.45) is 13.5. The summed E-state index contributed by atoms with van der Waals surface area (Å²) in [6.45, 7) is 2.04. The number of amides is 2. The van der Waals surface area contributed by atoms with E-state index in [0.717, 1.165) is 49.3 Å². The van der Waals surface area contributed by atoms with Gasteiger partial charge < -0.3 is 10.6 Å². The molecule has 29 heavy (non-hydrogen) atoms. The van der Waals surface area contributed by atoms with Gasteiger partial charge in [-0.25, -0.2) is 0 Å².